The van der Waals surface area contributed by atoms with Crippen LogP contribution in [-0.2, 0) is 4.79 Å². The van der Waals surface area contributed by atoms with Crippen molar-refractivity contribution in [2.24, 2.45) is 0 Å². The third-order valence-corrected chi connectivity index (χ3v) is 4.89. The fraction of sp³-hybridized carbons (Fsp3) is 0.556. The van der Waals surface area contributed by atoms with E-state index in [-0.39, 0.29) is 11.8 Å². The normalized spacial score (nSPS) is 18.8. The number of halogens is 1. The second kappa shape index (κ2) is 7.43. The lowest BCUT2D eigenvalue weighted by atomic mass is 10.1. The highest BCUT2D eigenvalue weighted by Crippen LogP contribution is 2.29. The van der Waals surface area contributed by atoms with Crippen molar-refractivity contribution >= 4 is 34.8 Å². The van der Waals surface area contributed by atoms with Crippen molar-refractivity contribution in [1.82, 2.24) is 4.90 Å². The van der Waals surface area contributed by atoms with Gasteiger partial charge >= 0.3 is 0 Å². The van der Waals surface area contributed by atoms with Gasteiger partial charge in [0.1, 0.15) is 5.38 Å². The number of hydrogen-bond acceptors (Lipinski definition) is 3. The number of likely N-dealkylation sites (tertiary alicyclic amines) is 1. The molecule has 0 saturated carbocycles. The van der Waals surface area contributed by atoms with Gasteiger partial charge < -0.3 is 15.1 Å². The molecule has 24 heavy (non-hydrogen) atoms. The van der Waals surface area contributed by atoms with Crippen LogP contribution >= 0.6 is 11.6 Å². The molecule has 0 spiro atoms. The molecule has 2 fully saturated rings. The third-order valence-electron chi connectivity index (χ3n) is 4.70. The number of nitrogens with one attached hydrogen (secondary N) is 1. The highest BCUT2D eigenvalue weighted by Gasteiger charge is 2.25. The van der Waals surface area contributed by atoms with Gasteiger partial charge in [-0.15, -0.1) is 11.6 Å². The highest BCUT2D eigenvalue weighted by atomic mass is 35.5. The number of alkyl halides is 1. The van der Waals surface area contributed by atoms with Crippen LogP contribution in [0.2, 0.25) is 0 Å². The number of hydrogen-bond donors (Lipinski definition) is 1. The first-order valence-corrected chi connectivity index (χ1v) is 9.13. The Morgan fingerprint density at radius 3 is 2.33 bits per heavy atom. The van der Waals surface area contributed by atoms with Crippen LogP contribution in [0.4, 0.5) is 11.4 Å². The van der Waals surface area contributed by atoms with E-state index in [4.69, 9.17) is 11.6 Å². The molecule has 1 aromatic carbocycles. The van der Waals surface area contributed by atoms with Gasteiger partial charge in [-0.25, -0.2) is 0 Å². The van der Waals surface area contributed by atoms with Gasteiger partial charge in [-0.3, -0.25) is 9.59 Å². The molecule has 2 aliphatic heterocycles. The van der Waals surface area contributed by atoms with Crippen molar-refractivity contribution in [1.29, 1.82) is 0 Å². The smallest absolute Gasteiger partial charge is 0.256 e. The van der Waals surface area contributed by atoms with E-state index < -0.39 is 5.38 Å². The summed E-state index contributed by atoms with van der Waals surface area (Å²) in [5, 5.41) is 2.17. The van der Waals surface area contributed by atoms with Gasteiger partial charge in [-0.05, 0) is 50.8 Å². The summed E-state index contributed by atoms with van der Waals surface area (Å²) in [4.78, 5) is 29.0. The summed E-state index contributed by atoms with van der Waals surface area (Å²) in [6.45, 7) is 5.21. The third kappa shape index (κ3) is 3.66. The van der Waals surface area contributed by atoms with Crippen molar-refractivity contribution in [2.75, 3.05) is 36.4 Å². The molecule has 0 aromatic heterocycles. The molecule has 1 aromatic rings. The fourth-order valence-electron chi connectivity index (χ4n) is 3.35. The lowest BCUT2D eigenvalue weighted by Crippen LogP contribution is -2.30. The fourth-order valence-corrected chi connectivity index (χ4v) is 3.41. The predicted molar refractivity (Wildman–Crippen MR) is 97.0 cm³/mol. The summed E-state index contributed by atoms with van der Waals surface area (Å²) in [6, 6.07) is 5.60. The van der Waals surface area contributed by atoms with Crippen LogP contribution in [0.15, 0.2) is 18.2 Å². The van der Waals surface area contributed by atoms with Gasteiger partial charge in [0, 0.05) is 37.6 Å². The largest absolute Gasteiger partial charge is 0.371 e. The molecule has 0 unspecified atom stereocenters. The lowest BCUT2D eigenvalue weighted by Gasteiger charge is -2.24. The van der Waals surface area contributed by atoms with Crippen LogP contribution < -0.4 is 10.2 Å². The molecule has 1 atom stereocenters. The molecule has 2 saturated heterocycles. The molecule has 1 N–H and O–H groups in total. The second-order valence-corrected chi connectivity index (χ2v) is 7.19. The first kappa shape index (κ1) is 17.1. The van der Waals surface area contributed by atoms with Crippen LogP contribution in [0.5, 0.6) is 0 Å². The number of anilines is 2. The highest BCUT2D eigenvalue weighted by molar-refractivity contribution is 6.32. The van der Waals surface area contributed by atoms with Crippen molar-refractivity contribution in [2.45, 2.75) is 38.0 Å². The molecular formula is C18H24ClN3O2. The van der Waals surface area contributed by atoms with Crippen LogP contribution in [0, 0.1) is 0 Å². The predicted octanol–water partition coefficient (Wildman–Crippen LogP) is 3.09. The SMILES string of the molecule is C[C@H](Cl)C(=O)Nc1ccc(N2CCCC2)c(C(=O)N2CCCC2)c1. The standard InChI is InChI=1S/C18H24ClN3O2/c1-13(19)17(23)20-14-6-7-16(21-8-2-3-9-21)15(12-14)18(24)22-10-4-5-11-22/h6-7,12-13H,2-5,8-11H2,1H3,(H,20,23)/t13-/m0/s1. The average molecular weight is 350 g/mol. The minimum Gasteiger partial charge on any atom is -0.371 e. The molecule has 0 radical (unpaired) electrons. The maximum Gasteiger partial charge on any atom is 0.256 e. The maximum absolute atomic E-state index is 13.0. The van der Waals surface area contributed by atoms with Crippen molar-refractivity contribution in [3.63, 3.8) is 0 Å². The van der Waals surface area contributed by atoms with Crippen LogP contribution in [0.25, 0.3) is 0 Å². The number of rotatable bonds is 4. The van der Waals surface area contributed by atoms with Crippen LogP contribution in [0.1, 0.15) is 43.0 Å². The minimum absolute atomic E-state index is 0.0596. The van der Waals surface area contributed by atoms with E-state index in [1.165, 1.54) is 0 Å². The molecule has 0 bridgehead atoms. The number of carbonyl (C=O) groups is 2. The van der Waals surface area contributed by atoms with Crippen molar-refractivity contribution in [3.05, 3.63) is 23.8 Å². The molecule has 6 heteroatoms. The number of benzene rings is 1. The first-order valence-electron chi connectivity index (χ1n) is 8.69. The molecule has 2 aliphatic rings. The Morgan fingerprint density at radius 2 is 1.71 bits per heavy atom. The van der Waals surface area contributed by atoms with E-state index in [2.05, 4.69) is 10.2 Å². The summed E-state index contributed by atoms with van der Waals surface area (Å²) in [5.41, 5.74) is 2.28. The molecule has 2 heterocycles. The number of nitrogens with zero attached hydrogens (tertiary/aromatic N) is 2. The zero-order chi connectivity index (χ0) is 17.1. The maximum atomic E-state index is 13.0. The summed E-state index contributed by atoms with van der Waals surface area (Å²) in [6.07, 6.45) is 4.43. The van der Waals surface area contributed by atoms with Gasteiger partial charge in [0.15, 0.2) is 0 Å². The van der Waals surface area contributed by atoms with Crippen LogP contribution in [0.3, 0.4) is 0 Å². The zero-order valence-electron chi connectivity index (χ0n) is 14.1. The Hall–Kier alpha value is -1.75. The Morgan fingerprint density at radius 1 is 1.08 bits per heavy atom. The lowest BCUT2D eigenvalue weighted by molar-refractivity contribution is -0.115. The van der Waals surface area contributed by atoms with Gasteiger partial charge in [0.25, 0.3) is 5.91 Å². The minimum atomic E-state index is -0.610. The molecule has 130 valence electrons. The molecule has 0 aliphatic carbocycles. The van der Waals surface area contributed by atoms with Gasteiger partial charge in [-0.2, -0.15) is 0 Å². The van der Waals surface area contributed by atoms with E-state index in [0.717, 1.165) is 57.5 Å². The molecular weight excluding hydrogens is 326 g/mol. The quantitative estimate of drug-likeness (QED) is 0.850. The van der Waals surface area contributed by atoms with E-state index >= 15 is 0 Å². The van der Waals surface area contributed by atoms with Crippen molar-refractivity contribution < 1.29 is 9.59 Å². The second-order valence-electron chi connectivity index (χ2n) is 6.53. The number of carbonyl (C=O) groups excluding carboxylic acids is 2. The summed E-state index contributed by atoms with van der Waals surface area (Å²) in [7, 11) is 0. The van der Waals surface area contributed by atoms with E-state index in [1.807, 2.05) is 17.0 Å². The molecule has 2 amide bonds. The Labute approximate surface area is 147 Å². The van der Waals surface area contributed by atoms with Gasteiger partial charge in [0.05, 0.1) is 5.56 Å². The Balaban J connectivity index is 1.90. The summed E-state index contributed by atoms with van der Waals surface area (Å²) >= 11 is 5.82. The molecule has 3 rings (SSSR count). The van der Waals surface area contributed by atoms with Crippen LogP contribution in [-0.4, -0.2) is 48.3 Å². The van der Waals surface area contributed by atoms with Gasteiger partial charge in [0.2, 0.25) is 5.91 Å². The molecule has 5 nitrogen and oxygen atoms in total. The number of amides is 2. The summed E-state index contributed by atoms with van der Waals surface area (Å²) in [5.74, 6) is -0.199. The van der Waals surface area contributed by atoms with E-state index in [1.54, 1.807) is 13.0 Å². The van der Waals surface area contributed by atoms with E-state index in [0.29, 0.717) is 11.3 Å². The topological polar surface area (TPSA) is 52.7 Å². The average Bonchev–Trinajstić information content (AvgIpc) is 3.27. The Bertz CT molecular complexity index is 621. The van der Waals surface area contributed by atoms with E-state index in [9.17, 15) is 9.59 Å². The zero-order valence-corrected chi connectivity index (χ0v) is 14.8. The summed E-state index contributed by atoms with van der Waals surface area (Å²) < 4.78 is 0. The monoisotopic (exact) mass is 349 g/mol. The Kier molecular flexibility index (Phi) is 5.29. The first-order chi connectivity index (χ1) is 11.6. The van der Waals surface area contributed by atoms with Gasteiger partial charge in [-0.1, -0.05) is 0 Å². The van der Waals surface area contributed by atoms with Crippen molar-refractivity contribution in [3.8, 4) is 0 Å².